The standard InChI is InChI=1S/C12H21N3O3S/c13-12(16)9-3-5-14(6-4-9)10-7-15(8-10)19(17,18)11-1-2-11/h9-11H,1-8H2,(H2,13,16). The quantitative estimate of drug-likeness (QED) is 0.745. The summed E-state index contributed by atoms with van der Waals surface area (Å²) in [7, 11) is -2.99. The Morgan fingerprint density at radius 1 is 1.05 bits per heavy atom. The summed E-state index contributed by atoms with van der Waals surface area (Å²) in [5.74, 6) is -0.200. The average molecular weight is 287 g/mol. The third-order valence-electron chi connectivity index (χ3n) is 4.58. The maximum absolute atomic E-state index is 12.0. The molecule has 1 saturated carbocycles. The van der Waals surface area contributed by atoms with Gasteiger partial charge >= 0.3 is 0 Å². The Balaban J connectivity index is 1.48. The second-order valence-corrected chi connectivity index (χ2v) is 8.14. The Bertz CT molecular complexity index is 461. The van der Waals surface area contributed by atoms with Gasteiger partial charge in [-0.3, -0.25) is 9.69 Å². The molecule has 0 aromatic carbocycles. The molecule has 0 aromatic rings. The van der Waals surface area contributed by atoms with Crippen LogP contribution < -0.4 is 5.73 Å². The van der Waals surface area contributed by atoms with Crippen molar-refractivity contribution >= 4 is 15.9 Å². The number of carbonyl (C=O) groups excluding carboxylic acids is 1. The van der Waals surface area contributed by atoms with E-state index in [1.165, 1.54) is 0 Å². The minimum Gasteiger partial charge on any atom is -0.369 e. The molecular formula is C12H21N3O3S. The molecule has 0 radical (unpaired) electrons. The number of hydrogen-bond donors (Lipinski definition) is 1. The molecular weight excluding hydrogens is 266 g/mol. The number of hydrogen-bond acceptors (Lipinski definition) is 4. The van der Waals surface area contributed by atoms with Crippen LogP contribution in [0.15, 0.2) is 0 Å². The van der Waals surface area contributed by atoms with Gasteiger partial charge in [0, 0.05) is 25.0 Å². The predicted molar refractivity (Wildman–Crippen MR) is 70.8 cm³/mol. The largest absolute Gasteiger partial charge is 0.369 e. The highest BCUT2D eigenvalue weighted by molar-refractivity contribution is 7.90. The minimum absolute atomic E-state index is 0.00243. The average Bonchev–Trinajstić information content (AvgIpc) is 3.11. The molecule has 2 aliphatic heterocycles. The van der Waals surface area contributed by atoms with Gasteiger partial charge in [-0.05, 0) is 38.8 Å². The lowest BCUT2D eigenvalue weighted by molar-refractivity contribution is -0.123. The number of primary amides is 1. The topological polar surface area (TPSA) is 83.7 Å². The summed E-state index contributed by atoms with van der Waals surface area (Å²) >= 11 is 0. The van der Waals surface area contributed by atoms with E-state index in [4.69, 9.17) is 5.73 Å². The molecule has 7 heteroatoms. The summed E-state index contributed by atoms with van der Waals surface area (Å²) in [6.45, 7) is 2.96. The molecule has 0 aromatic heterocycles. The van der Waals surface area contributed by atoms with Gasteiger partial charge in [0.05, 0.1) is 5.25 Å². The molecule has 108 valence electrons. The second-order valence-electron chi connectivity index (χ2n) is 5.93. The van der Waals surface area contributed by atoms with Gasteiger partial charge in [0.1, 0.15) is 0 Å². The fourth-order valence-corrected chi connectivity index (χ4v) is 4.89. The molecule has 1 amide bonds. The molecule has 0 spiro atoms. The lowest BCUT2D eigenvalue weighted by Crippen LogP contribution is -2.62. The van der Waals surface area contributed by atoms with Crippen molar-refractivity contribution in [1.82, 2.24) is 9.21 Å². The van der Waals surface area contributed by atoms with Crippen LogP contribution in [0.3, 0.4) is 0 Å². The van der Waals surface area contributed by atoms with E-state index in [0.717, 1.165) is 38.8 Å². The fourth-order valence-electron chi connectivity index (χ4n) is 2.98. The molecule has 2 heterocycles. The van der Waals surface area contributed by atoms with Gasteiger partial charge in [-0.15, -0.1) is 0 Å². The zero-order valence-electron chi connectivity index (χ0n) is 11.0. The molecule has 1 aliphatic carbocycles. The third kappa shape index (κ3) is 2.51. The van der Waals surface area contributed by atoms with Crippen molar-refractivity contribution in [1.29, 1.82) is 0 Å². The Labute approximate surface area is 114 Å². The van der Waals surface area contributed by atoms with Crippen LogP contribution in [-0.2, 0) is 14.8 Å². The van der Waals surface area contributed by atoms with Gasteiger partial charge in [0.15, 0.2) is 0 Å². The summed E-state index contributed by atoms with van der Waals surface area (Å²) in [4.78, 5) is 13.4. The van der Waals surface area contributed by atoms with E-state index >= 15 is 0 Å². The number of nitrogens with zero attached hydrogens (tertiary/aromatic N) is 2. The first-order valence-electron chi connectivity index (χ1n) is 7.01. The smallest absolute Gasteiger partial charge is 0.220 e. The summed E-state index contributed by atoms with van der Waals surface area (Å²) in [6, 6.07) is 0.336. The normalized spacial score (nSPS) is 28.2. The molecule has 0 unspecified atom stereocenters. The maximum atomic E-state index is 12.0. The number of amides is 1. The van der Waals surface area contributed by atoms with Gasteiger partial charge < -0.3 is 5.73 Å². The number of likely N-dealkylation sites (tertiary alicyclic amines) is 1. The summed E-state index contributed by atoms with van der Waals surface area (Å²) in [6.07, 6.45) is 3.27. The number of rotatable bonds is 4. The van der Waals surface area contributed by atoms with E-state index < -0.39 is 10.0 Å². The van der Waals surface area contributed by atoms with Crippen LogP contribution in [0, 0.1) is 5.92 Å². The highest BCUT2D eigenvalue weighted by Crippen LogP contribution is 2.34. The predicted octanol–water partition coefficient (Wildman–Crippen LogP) is -0.640. The number of carbonyl (C=O) groups is 1. The molecule has 2 saturated heterocycles. The van der Waals surface area contributed by atoms with Gasteiger partial charge in [-0.2, -0.15) is 4.31 Å². The molecule has 6 nitrogen and oxygen atoms in total. The van der Waals surface area contributed by atoms with Gasteiger partial charge in [-0.1, -0.05) is 0 Å². The lowest BCUT2D eigenvalue weighted by atomic mass is 9.94. The van der Waals surface area contributed by atoms with Gasteiger partial charge in [-0.25, -0.2) is 8.42 Å². The number of nitrogens with two attached hydrogens (primary N) is 1. The van der Waals surface area contributed by atoms with E-state index in [-0.39, 0.29) is 17.1 Å². The van der Waals surface area contributed by atoms with Crippen LogP contribution in [0.1, 0.15) is 25.7 Å². The Kier molecular flexibility index (Phi) is 3.31. The SMILES string of the molecule is NC(=O)C1CCN(C2CN(S(=O)(=O)C3CC3)C2)CC1. The fraction of sp³-hybridized carbons (Fsp3) is 0.917. The highest BCUT2D eigenvalue weighted by atomic mass is 32.2. The first-order chi connectivity index (χ1) is 8.98. The van der Waals surface area contributed by atoms with Crippen LogP contribution in [-0.4, -0.2) is 61.0 Å². The van der Waals surface area contributed by atoms with Crippen molar-refractivity contribution < 1.29 is 13.2 Å². The first-order valence-corrected chi connectivity index (χ1v) is 8.51. The summed E-state index contributed by atoms with van der Waals surface area (Å²) < 4.78 is 25.6. The first kappa shape index (κ1) is 13.3. The lowest BCUT2D eigenvalue weighted by Gasteiger charge is -2.46. The Morgan fingerprint density at radius 2 is 1.63 bits per heavy atom. The van der Waals surface area contributed by atoms with E-state index in [1.807, 2.05) is 0 Å². The third-order valence-corrected chi connectivity index (χ3v) is 6.91. The van der Waals surface area contributed by atoms with Gasteiger partial charge in [0.2, 0.25) is 15.9 Å². The van der Waals surface area contributed by atoms with Crippen molar-refractivity contribution in [3.05, 3.63) is 0 Å². The Morgan fingerprint density at radius 3 is 2.11 bits per heavy atom. The molecule has 2 N–H and O–H groups in total. The molecule has 3 fully saturated rings. The summed E-state index contributed by atoms with van der Waals surface area (Å²) in [5, 5.41) is -0.103. The van der Waals surface area contributed by atoms with Crippen molar-refractivity contribution in [2.24, 2.45) is 11.7 Å². The van der Waals surface area contributed by atoms with Crippen LogP contribution in [0.25, 0.3) is 0 Å². The zero-order chi connectivity index (χ0) is 13.6. The van der Waals surface area contributed by atoms with Crippen molar-refractivity contribution in [2.75, 3.05) is 26.2 Å². The van der Waals surface area contributed by atoms with E-state index in [9.17, 15) is 13.2 Å². The maximum Gasteiger partial charge on any atom is 0.220 e. The number of sulfonamides is 1. The zero-order valence-corrected chi connectivity index (χ0v) is 11.8. The van der Waals surface area contributed by atoms with Crippen LogP contribution in [0.2, 0.25) is 0 Å². The molecule has 0 atom stereocenters. The molecule has 3 aliphatic rings. The van der Waals surface area contributed by atoms with Crippen molar-refractivity contribution in [2.45, 2.75) is 37.0 Å². The van der Waals surface area contributed by atoms with Crippen LogP contribution in [0.5, 0.6) is 0 Å². The Hall–Kier alpha value is -0.660. The summed E-state index contributed by atoms with van der Waals surface area (Å²) in [5.41, 5.74) is 5.31. The minimum atomic E-state index is -2.99. The van der Waals surface area contributed by atoms with E-state index in [0.29, 0.717) is 19.1 Å². The van der Waals surface area contributed by atoms with E-state index in [1.54, 1.807) is 4.31 Å². The monoisotopic (exact) mass is 287 g/mol. The molecule has 0 bridgehead atoms. The van der Waals surface area contributed by atoms with Crippen LogP contribution >= 0.6 is 0 Å². The van der Waals surface area contributed by atoms with Gasteiger partial charge in [0.25, 0.3) is 0 Å². The molecule has 3 rings (SSSR count). The second kappa shape index (κ2) is 4.71. The van der Waals surface area contributed by atoms with E-state index in [2.05, 4.69) is 4.90 Å². The number of piperidine rings is 1. The van der Waals surface area contributed by atoms with Crippen molar-refractivity contribution in [3.8, 4) is 0 Å². The van der Waals surface area contributed by atoms with Crippen LogP contribution in [0.4, 0.5) is 0 Å². The van der Waals surface area contributed by atoms with Crippen molar-refractivity contribution in [3.63, 3.8) is 0 Å². The highest BCUT2D eigenvalue weighted by Gasteiger charge is 2.46. The molecule has 19 heavy (non-hydrogen) atoms.